The highest BCUT2D eigenvalue weighted by atomic mass is 19.1. The van der Waals surface area contributed by atoms with Crippen LogP contribution in [0.2, 0.25) is 0 Å². The number of para-hydroxylation sites is 2. The summed E-state index contributed by atoms with van der Waals surface area (Å²) in [5.74, 6) is 1.51. The summed E-state index contributed by atoms with van der Waals surface area (Å²) >= 11 is 0. The van der Waals surface area contributed by atoms with Crippen LogP contribution >= 0.6 is 0 Å². The fourth-order valence-electron chi connectivity index (χ4n) is 2.91. The maximum Gasteiger partial charge on any atom is 0.227 e. The summed E-state index contributed by atoms with van der Waals surface area (Å²) in [7, 11) is 0. The van der Waals surface area contributed by atoms with Crippen LogP contribution in [0, 0.1) is 12.7 Å². The Morgan fingerprint density at radius 1 is 1.24 bits per heavy atom. The maximum atomic E-state index is 13.7. The molecule has 0 fully saturated rings. The van der Waals surface area contributed by atoms with Gasteiger partial charge < -0.3 is 19.3 Å². The highest BCUT2D eigenvalue weighted by Gasteiger charge is 2.21. The van der Waals surface area contributed by atoms with Crippen molar-refractivity contribution in [1.29, 1.82) is 0 Å². The second-order valence-electron chi connectivity index (χ2n) is 6.78. The lowest BCUT2D eigenvalue weighted by Crippen LogP contribution is -2.40. The van der Waals surface area contributed by atoms with Crippen molar-refractivity contribution < 1.29 is 23.2 Å². The Hall–Kier alpha value is -3.42. The van der Waals surface area contributed by atoms with Gasteiger partial charge in [0.1, 0.15) is 18.5 Å². The van der Waals surface area contributed by atoms with Crippen molar-refractivity contribution in [3.63, 3.8) is 0 Å². The minimum Gasteiger partial charge on any atom is -0.486 e. The van der Waals surface area contributed by atoms with E-state index in [4.69, 9.17) is 14.0 Å². The molecule has 0 aliphatic carbocycles. The number of halogens is 1. The number of carbonyl (C=O) groups excluding carboxylic acids is 1. The standard InChI is InChI=1S/C21H20FN3O4/c1-13-6-7-14(10-16(13)22)21-24-20(29-25-21)9-8-19(26)23-11-15-12-27-17-4-2-3-5-18(17)28-15/h2-7,10,15H,8-9,11-12H2,1H3,(H,23,26). The predicted molar refractivity (Wildman–Crippen MR) is 102 cm³/mol. The molecule has 0 saturated carbocycles. The highest BCUT2D eigenvalue weighted by molar-refractivity contribution is 5.76. The van der Waals surface area contributed by atoms with E-state index in [1.54, 1.807) is 19.1 Å². The van der Waals surface area contributed by atoms with Gasteiger partial charge in [-0.05, 0) is 30.7 Å². The number of aromatic nitrogens is 2. The molecule has 7 nitrogen and oxygen atoms in total. The van der Waals surface area contributed by atoms with Crippen LogP contribution in [-0.4, -0.2) is 35.3 Å². The molecule has 1 unspecified atom stereocenters. The average Bonchev–Trinajstić information content (AvgIpc) is 3.21. The molecule has 0 bridgehead atoms. The van der Waals surface area contributed by atoms with Crippen LogP contribution in [0.5, 0.6) is 11.5 Å². The topological polar surface area (TPSA) is 86.5 Å². The number of nitrogens with zero attached hydrogens (tertiary/aromatic N) is 2. The Bertz CT molecular complexity index is 1020. The van der Waals surface area contributed by atoms with Gasteiger partial charge in [-0.15, -0.1) is 0 Å². The van der Waals surface area contributed by atoms with Gasteiger partial charge in [-0.25, -0.2) is 4.39 Å². The molecule has 8 heteroatoms. The number of hydrogen-bond donors (Lipinski definition) is 1. The summed E-state index contributed by atoms with van der Waals surface area (Å²) in [5.41, 5.74) is 1.08. The predicted octanol–water partition coefficient (Wildman–Crippen LogP) is 3.07. The summed E-state index contributed by atoms with van der Waals surface area (Å²) in [4.78, 5) is 16.3. The zero-order valence-corrected chi connectivity index (χ0v) is 15.9. The first-order chi connectivity index (χ1) is 14.1. The number of nitrogens with one attached hydrogen (secondary N) is 1. The van der Waals surface area contributed by atoms with Crippen LogP contribution in [0.1, 0.15) is 17.9 Å². The zero-order chi connectivity index (χ0) is 20.2. The second-order valence-corrected chi connectivity index (χ2v) is 6.78. The molecular weight excluding hydrogens is 377 g/mol. The van der Waals surface area contributed by atoms with E-state index in [-0.39, 0.29) is 30.7 Å². The summed E-state index contributed by atoms with van der Waals surface area (Å²) in [5, 5.41) is 6.68. The van der Waals surface area contributed by atoms with Gasteiger partial charge >= 0.3 is 0 Å². The van der Waals surface area contributed by atoms with Gasteiger partial charge in [0.05, 0.1) is 6.54 Å². The fraction of sp³-hybridized carbons (Fsp3) is 0.286. The van der Waals surface area contributed by atoms with E-state index in [2.05, 4.69) is 15.5 Å². The van der Waals surface area contributed by atoms with Gasteiger partial charge in [0.15, 0.2) is 11.5 Å². The van der Waals surface area contributed by atoms with Crippen molar-refractivity contribution in [2.75, 3.05) is 13.2 Å². The molecule has 150 valence electrons. The van der Waals surface area contributed by atoms with Gasteiger partial charge in [-0.1, -0.05) is 29.4 Å². The normalized spacial score (nSPS) is 15.2. The summed E-state index contributed by atoms with van der Waals surface area (Å²) in [6.07, 6.45) is 0.229. The fourth-order valence-corrected chi connectivity index (χ4v) is 2.91. The van der Waals surface area contributed by atoms with E-state index < -0.39 is 0 Å². The summed E-state index contributed by atoms with van der Waals surface area (Å²) < 4.78 is 30.3. The summed E-state index contributed by atoms with van der Waals surface area (Å²) in [6, 6.07) is 12.2. The van der Waals surface area contributed by atoms with Crippen LogP contribution in [0.3, 0.4) is 0 Å². The minimum atomic E-state index is -0.329. The SMILES string of the molecule is Cc1ccc(-c2noc(CCC(=O)NCC3COc4ccccc4O3)n2)cc1F. The van der Waals surface area contributed by atoms with Crippen molar-refractivity contribution in [2.24, 2.45) is 0 Å². The van der Waals surface area contributed by atoms with Crippen LogP contribution < -0.4 is 14.8 Å². The Morgan fingerprint density at radius 3 is 2.90 bits per heavy atom. The lowest BCUT2D eigenvalue weighted by Gasteiger charge is -2.26. The molecule has 1 aliphatic heterocycles. The third-order valence-corrected chi connectivity index (χ3v) is 4.56. The third kappa shape index (κ3) is 4.53. The Balaban J connectivity index is 1.25. The number of amides is 1. The van der Waals surface area contributed by atoms with Crippen LogP contribution in [0.4, 0.5) is 4.39 Å². The number of hydrogen-bond acceptors (Lipinski definition) is 6. The third-order valence-electron chi connectivity index (χ3n) is 4.56. The lowest BCUT2D eigenvalue weighted by atomic mass is 10.1. The van der Waals surface area contributed by atoms with Crippen molar-refractivity contribution in [3.05, 3.63) is 59.7 Å². The summed E-state index contributed by atoms with van der Waals surface area (Å²) in [6.45, 7) is 2.39. The maximum absolute atomic E-state index is 13.7. The van der Waals surface area contributed by atoms with E-state index in [1.807, 2.05) is 24.3 Å². The second kappa shape index (κ2) is 8.30. The molecular formula is C21H20FN3O4. The van der Waals surface area contributed by atoms with Crippen LogP contribution in [0.15, 0.2) is 47.0 Å². The van der Waals surface area contributed by atoms with E-state index in [1.165, 1.54) is 6.07 Å². The van der Waals surface area contributed by atoms with E-state index in [9.17, 15) is 9.18 Å². The molecule has 1 aromatic heterocycles. The van der Waals surface area contributed by atoms with Crippen molar-refractivity contribution in [3.8, 4) is 22.9 Å². The van der Waals surface area contributed by atoms with Crippen molar-refractivity contribution in [1.82, 2.24) is 15.5 Å². The molecule has 4 rings (SSSR count). The molecule has 0 spiro atoms. The van der Waals surface area contributed by atoms with E-state index in [0.29, 0.717) is 47.5 Å². The molecule has 3 aromatic rings. The van der Waals surface area contributed by atoms with Gasteiger partial charge in [0.25, 0.3) is 0 Å². The number of rotatable bonds is 6. The molecule has 1 amide bonds. The van der Waals surface area contributed by atoms with E-state index >= 15 is 0 Å². The Morgan fingerprint density at radius 2 is 2.07 bits per heavy atom. The molecule has 29 heavy (non-hydrogen) atoms. The van der Waals surface area contributed by atoms with Crippen molar-refractivity contribution >= 4 is 5.91 Å². The van der Waals surface area contributed by atoms with Gasteiger partial charge in [0.2, 0.25) is 17.6 Å². The molecule has 2 aromatic carbocycles. The smallest absolute Gasteiger partial charge is 0.227 e. The van der Waals surface area contributed by atoms with Gasteiger partial charge in [-0.2, -0.15) is 4.98 Å². The molecule has 0 radical (unpaired) electrons. The average molecular weight is 397 g/mol. The Labute approximate surface area is 166 Å². The minimum absolute atomic E-state index is 0.159. The van der Waals surface area contributed by atoms with Gasteiger partial charge in [0, 0.05) is 18.4 Å². The molecule has 1 aliphatic rings. The first-order valence-electron chi connectivity index (χ1n) is 9.33. The molecule has 0 saturated heterocycles. The number of fused-ring (bicyclic) bond motifs is 1. The van der Waals surface area contributed by atoms with Gasteiger partial charge in [-0.3, -0.25) is 4.79 Å². The molecule has 1 atom stereocenters. The number of ether oxygens (including phenoxy) is 2. The number of aryl methyl sites for hydroxylation is 2. The lowest BCUT2D eigenvalue weighted by molar-refractivity contribution is -0.121. The molecule has 2 heterocycles. The van der Waals surface area contributed by atoms with Crippen molar-refractivity contribution in [2.45, 2.75) is 25.9 Å². The largest absolute Gasteiger partial charge is 0.486 e. The van der Waals surface area contributed by atoms with Crippen LogP contribution in [-0.2, 0) is 11.2 Å². The monoisotopic (exact) mass is 397 g/mol. The zero-order valence-electron chi connectivity index (χ0n) is 15.9. The number of benzene rings is 2. The highest BCUT2D eigenvalue weighted by Crippen LogP contribution is 2.30. The first kappa shape index (κ1) is 18.9. The number of carbonyl (C=O) groups is 1. The Kier molecular flexibility index (Phi) is 5.41. The first-order valence-corrected chi connectivity index (χ1v) is 9.33. The quantitative estimate of drug-likeness (QED) is 0.688. The van der Waals surface area contributed by atoms with E-state index in [0.717, 1.165) is 0 Å². The van der Waals surface area contributed by atoms with Crippen LogP contribution in [0.25, 0.3) is 11.4 Å². The molecule has 1 N–H and O–H groups in total.